The molecule has 1 aromatic heterocycles. The van der Waals surface area contributed by atoms with Crippen molar-refractivity contribution < 1.29 is 27.2 Å². The summed E-state index contributed by atoms with van der Waals surface area (Å²) in [5, 5.41) is 5.17. The third kappa shape index (κ3) is 5.57. The zero-order chi connectivity index (χ0) is 25.0. The van der Waals surface area contributed by atoms with E-state index in [0.717, 1.165) is 6.07 Å². The molecule has 0 radical (unpaired) electrons. The van der Waals surface area contributed by atoms with Crippen molar-refractivity contribution in [2.75, 3.05) is 5.32 Å². The Morgan fingerprint density at radius 2 is 1.54 bits per heavy atom. The fourth-order valence-electron chi connectivity index (χ4n) is 3.49. The van der Waals surface area contributed by atoms with Crippen LogP contribution in [0, 0.1) is 0 Å². The molecule has 2 amide bonds. The van der Waals surface area contributed by atoms with E-state index in [1.165, 1.54) is 25.1 Å². The summed E-state index contributed by atoms with van der Waals surface area (Å²) in [6, 6.07) is 20.5. The molecular weight excluding hydrogens is 459 g/mol. The van der Waals surface area contributed by atoms with Crippen molar-refractivity contribution in [3.05, 3.63) is 95.7 Å². The van der Waals surface area contributed by atoms with E-state index < -0.39 is 17.6 Å². The number of aromatic nitrogens is 1. The number of anilines is 1. The van der Waals surface area contributed by atoms with Crippen LogP contribution in [0.2, 0.25) is 0 Å². The van der Waals surface area contributed by atoms with Gasteiger partial charge in [0.05, 0.1) is 5.56 Å². The molecule has 0 saturated carbocycles. The van der Waals surface area contributed by atoms with Gasteiger partial charge in [0, 0.05) is 30.3 Å². The average molecular weight is 479 g/mol. The molecule has 35 heavy (non-hydrogen) atoms. The van der Waals surface area contributed by atoms with Gasteiger partial charge in [-0.25, -0.2) is 4.98 Å². The molecule has 0 saturated heterocycles. The first-order chi connectivity index (χ1) is 16.7. The minimum Gasteiger partial charge on any atom is -0.435 e. The van der Waals surface area contributed by atoms with Crippen molar-refractivity contribution in [2.24, 2.45) is 0 Å². The number of halogens is 3. The van der Waals surface area contributed by atoms with Crippen LogP contribution in [-0.4, -0.2) is 16.8 Å². The molecular formula is C26H20F3N3O3. The summed E-state index contributed by atoms with van der Waals surface area (Å²) in [6.07, 6.45) is -4.55. The number of amides is 2. The number of oxazole rings is 1. The molecule has 0 spiro atoms. The Kier molecular flexibility index (Phi) is 6.68. The quantitative estimate of drug-likeness (QED) is 0.360. The zero-order valence-electron chi connectivity index (χ0n) is 18.5. The van der Waals surface area contributed by atoms with Gasteiger partial charge in [-0.05, 0) is 48.0 Å². The Bertz CT molecular complexity index is 1350. The first-order valence-corrected chi connectivity index (χ1v) is 10.6. The molecule has 2 N–H and O–H groups in total. The number of rotatable bonds is 6. The number of nitrogens with zero attached hydrogens (tertiary/aromatic N) is 1. The van der Waals surface area contributed by atoms with Crippen LogP contribution in [0.3, 0.4) is 0 Å². The highest BCUT2D eigenvalue weighted by Crippen LogP contribution is 2.33. The van der Waals surface area contributed by atoms with Gasteiger partial charge in [0.1, 0.15) is 0 Å². The zero-order valence-corrected chi connectivity index (χ0v) is 18.5. The Hall–Kier alpha value is -4.40. The van der Waals surface area contributed by atoms with Crippen molar-refractivity contribution in [3.8, 4) is 22.8 Å². The summed E-state index contributed by atoms with van der Waals surface area (Å²) in [5.41, 5.74) is 0.736. The van der Waals surface area contributed by atoms with Crippen LogP contribution in [0.15, 0.2) is 83.3 Å². The lowest BCUT2D eigenvalue weighted by atomic mass is 10.1. The van der Waals surface area contributed by atoms with Crippen molar-refractivity contribution >= 4 is 17.5 Å². The molecule has 0 aliphatic rings. The topological polar surface area (TPSA) is 84.2 Å². The van der Waals surface area contributed by atoms with Gasteiger partial charge in [0.25, 0.3) is 5.91 Å². The van der Waals surface area contributed by atoms with Gasteiger partial charge in [-0.2, -0.15) is 13.2 Å². The van der Waals surface area contributed by atoms with Gasteiger partial charge in [-0.15, -0.1) is 0 Å². The first kappa shape index (κ1) is 23.7. The van der Waals surface area contributed by atoms with Crippen LogP contribution in [0.1, 0.15) is 28.5 Å². The molecule has 3 aromatic carbocycles. The van der Waals surface area contributed by atoms with Crippen LogP contribution in [0.25, 0.3) is 22.8 Å². The number of alkyl halides is 3. The number of carbonyl (C=O) groups excluding carboxylic acids is 2. The molecule has 4 aromatic rings. The molecule has 0 atom stereocenters. The molecule has 9 heteroatoms. The van der Waals surface area contributed by atoms with E-state index in [4.69, 9.17) is 4.42 Å². The fraction of sp³-hybridized carbons (Fsp3) is 0.115. The lowest BCUT2D eigenvalue weighted by Crippen LogP contribution is -2.25. The van der Waals surface area contributed by atoms with Crippen LogP contribution in [-0.2, 0) is 17.5 Å². The second-order valence-corrected chi connectivity index (χ2v) is 7.66. The van der Waals surface area contributed by atoms with Crippen LogP contribution >= 0.6 is 0 Å². The van der Waals surface area contributed by atoms with E-state index in [9.17, 15) is 22.8 Å². The van der Waals surface area contributed by atoms with Crippen LogP contribution < -0.4 is 10.6 Å². The lowest BCUT2D eigenvalue weighted by molar-refractivity contribution is -0.138. The van der Waals surface area contributed by atoms with E-state index in [2.05, 4.69) is 15.6 Å². The maximum atomic E-state index is 13.3. The Morgan fingerprint density at radius 1 is 0.886 bits per heavy atom. The molecule has 4 rings (SSSR count). The first-order valence-electron chi connectivity index (χ1n) is 10.6. The van der Waals surface area contributed by atoms with E-state index in [1.807, 2.05) is 6.07 Å². The molecule has 0 aliphatic carbocycles. The van der Waals surface area contributed by atoms with E-state index in [-0.39, 0.29) is 35.4 Å². The molecule has 6 nitrogen and oxygen atoms in total. The third-order valence-electron chi connectivity index (χ3n) is 5.09. The van der Waals surface area contributed by atoms with Gasteiger partial charge in [-0.3, -0.25) is 9.59 Å². The van der Waals surface area contributed by atoms with Crippen LogP contribution in [0.4, 0.5) is 18.9 Å². The Labute approximate surface area is 198 Å². The van der Waals surface area contributed by atoms with Crippen LogP contribution in [0.5, 0.6) is 0 Å². The minimum absolute atomic E-state index is 0.0682. The average Bonchev–Trinajstić information content (AvgIpc) is 3.28. The second-order valence-electron chi connectivity index (χ2n) is 7.66. The highest BCUT2D eigenvalue weighted by atomic mass is 19.4. The summed E-state index contributed by atoms with van der Waals surface area (Å²) in [5.74, 6) is -0.580. The lowest BCUT2D eigenvalue weighted by Gasteiger charge is -2.13. The standard InChI is InChI=1S/C26H20F3N3O3/c1-16(33)31-20-13-11-17(12-14-20)23-22(32-25(35-23)18-7-3-2-4-8-18)24(34)30-15-19-9-5-6-10-21(19)26(27,28)29/h2-14H,15H2,1H3,(H,30,34)(H,31,33). The second kappa shape index (κ2) is 9.84. The molecule has 0 fully saturated rings. The number of hydrogen-bond donors (Lipinski definition) is 2. The molecule has 0 bridgehead atoms. The van der Waals surface area contributed by atoms with Gasteiger partial charge < -0.3 is 15.1 Å². The minimum atomic E-state index is -4.55. The summed E-state index contributed by atoms with van der Waals surface area (Å²) in [6.45, 7) is 1.04. The molecule has 178 valence electrons. The van der Waals surface area contributed by atoms with Crippen molar-refractivity contribution in [3.63, 3.8) is 0 Å². The number of nitrogens with one attached hydrogen (secondary N) is 2. The van der Waals surface area contributed by atoms with E-state index in [0.29, 0.717) is 16.8 Å². The third-order valence-corrected chi connectivity index (χ3v) is 5.09. The summed E-state index contributed by atoms with van der Waals surface area (Å²) >= 11 is 0. The predicted molar refractivity (Wildman–Crippen MR) is 124 cm³/mol. The van der Waals surface area contributed by atoms with Crippen molar-refractivity contribution in [2.45, 2.75) is 19.6 Å². The van der Waals surface area contributed by atoms with Crippen molar-refractivity contribution in [1.82, 2.24) is 10.3 Å². The largest absolute Gasteiger partial charge is 0.435 e. The highest BCUT2D eigenvalue weighted by molar-refractivity contribution is 5.98. The van der Waals surface area contributed by atoms with Gasteiger partial charge in [0.15, 0.2) is 11.5 Å². The smallest absolute Gasteiger partial charge is 0.416 e. The van der Waals surface area contributed by atoms with Gasteiger partial charge >= 0.3 is 6.18 Å². The monoisotopic (exact) mass is 479 g/mol. The summed E-state index contributed by atoms with van der Waals surface area (Å²) < 4.78 is 45.9. The number of hydrogen-bond acceptors (Lipinski definition) is 4. The predicted octanol–water partition coefficient (Wildman–Crippen LogP) is 5.92. The van der Waals surface area contributed by atoms with E-state index in [1.54, 1.807) is 48.5 Å². The van der Waals surface area contributed by atoms with E-state index >= 15 is 0 Å². The molecule has 0 unspecified atom stereocenters. The van der Waals surface area contributed by atoms with Crippen molar-refractivity contribution in [1.29, 1.82) is 0 Å². The highest BCUT2D eigenvalue weighted by Gasteiger charge is 2.33. The summed E-state index contributed by atoms with van der Waals surface area (Å²) in [7, 11) is 0. The maximum absolute atomic E-state index is 13.3. The number of carbonyl (C=O) groups is 2. The van der Waals surface area contributed by atoms with Gasteiger partial charge in [0.2, 0.25) is 11.8 Å². The van der Waals surface area contributed by atoms with Gasteiger partial charge in [-0.1, -0.05) is 36.4 Å². The fourth-order valence-corrected chi connectivity index (χ4v) is 3.49. The Balaban J connectivity index is 1.66. The molecule has 1 heterocycles. The summed E-state index contributed by atoms with van der Waals surface area (Å²) in [4.78, 5) is 28.7. The SMILES string of the molecule is CC(=O)Nc1ccc(-c2oc(-c3ccccc3)nc2C(=O)NCc2ccccc2C(F)(F)F)cc1. The Morgan fingerprint density at radius 3 is 2.20 bits per heavy atom. The normalized spacial score (nSPS) is 11.2. The molecule has 0 aliphatic heterocycles. The number of benzene rings is 3. The maximum Gasteiger partial charge on any atom is 0.416 e.